The van der Waals surface area contributed by atoms with Crippen molar-refractivity contribution in [1.29, 1.82) is 0 Å². The lowest BCUT2D eigenvalue weighted by Crippen LogP contribution is -2.33. The Morgan fingerprint density at radius 1 is 1.33 bits per heavy atom. The van der Waals surface area contributed by atoms with E-state index in [0.29, 0.717) is 17.8 Å². The summed E-state index contributed by atoms with van der Waals surface area (Å²) in [6.45, 7) is 3.64. The summed E-state index contributed by atoms with van der Waals surface area (Å²) < 4.78 is 0. The first-order valence-electron chi connectivity index (χ1n) is 6.05. The van der Waals surface area contributed by atoms with Crippen molar-refractivity contribution >= 4 is 17.4 Å². The summed E-state index contributed by atoms with van der Waals surface area (Å²) in [4.78, 5) is 28.2. The number of fused-ring (bicyclic) bond motifs is 1. The van der Waals surface area contributed by atoms with E-state index in [1.165, 1.54) is 0 Å². The summed E-state index contributed by atoms with van der Waals surface area (Å²) in [7, 11) is 0. The second kappa shape index (κ2) is 4.72. The first-order valence-corrected chi connectivity index (χ1v) is 6.05. The van der Waals surface area contributed by atoms with Crippen molar-refractivity contribution in [2.24, 2.45) is 16.6 Å². The monoisotopic (exact) mass is 244 g/mol. The number of hydrogen-bond donors (Lipinski definition) is 1. The van der Waals surface area contributed by atoms with E-state index in [0.717, 1.165) is 5.56 Å². The van der Waals surface area contributed by atoms with Crippen LogP contribution < -0.4 is 5.73 Å². The molecule has 2 rings (SSSR count). The topological polar surface area (TPSA) is 72.5 Å². The second-order valence-electron chi connectivity index (χ2n) is 4.49. The molecule has 0 bridgehead atoms. The van der Waals surface area contributed by atoms with Gasteiger partial charge in [0.15, 0.2) is 0 Å². The summed E-state index contributed by atoms with van der Waals surface area (Å²) in [6.07, 6.45) is 0.632. The largest absolute Gasteiger partial charge is 0.387 e. The zero-order valence-electron chi connectivity index (χ0n) is 10.5. The van der Waals surface area contributed by atoms with Gasteiger partial charge < -0.3 is 5.73 Å². The quantitative estimate of drug-likeness (QED) is 0.490. The smallest absolute Gasteiger partial charge is 0.229 e. The predicted molar refractivity (Wildman–Crippen MR) is 69.6 cm³/mol. The van der Waals surface area contributed by atoms with Crippen LogP contribution in [0.3, 0.4) is 0 Å². The van der Waals surface area contributed by atoms with Crippen molar-refractivity contribution in [3.63, 3.8) is 0 Å². The van der Waals surface area contributed by atoms with Gasteiger partial charge in [-0.25, -0.2) is 0 Å². The number of benzene rings is 1. The number of hydrogen-bond acceptors (Lipinski definition) is 3. The molecule has 94 valence electrons. The van der Waals surface area contributed by atoms with Gasteiger partial charge in [-0.1, -0.05) is 38.1 Å². The zero-order chi connectivity index (χ0) is 13.3. The summed E-state index contributed by atoms with van der Waals surface area (Å²) in [6, 6.07) is 6.77. The number of carbonyl (C=O) groups is 2. The van der Waals surface area contributed by atoms with Gasteiger partial charge in [-0.15, -0.1) is 0 Å². The molecule has 4 heteroatoms. The molecule has 0 fully saturated rings. The molecule has 1 aliphatic rings. The maximum absolute atomic E-state index is 11.9. The van der Waals surface area contributed by atoms with Gasteiger partial charge in [0.25, 0.3) is 0 Å². The normalized spacial score (nSPS) is 24.0. The van der Waals surface area contributed by atoms with Crippen LogP contribution in [0.4, 0.5) is 0 Å². The number of Topliss-reactive ketones (excluding diaryl/α,β-unsaturated/α-hetero) is 2. The second-order valence-corrected chi connectivity index (χ2v) is 4.49. The molecule has 2 N–H and O–H groups in total. The lowest BCUT2D eigenvalue weighted by molar-refractivity contribution is -0.119. The molecule has 0 amide bonds. The van der Waals surface area contributed by atoms with Crippen LogP contribution in [0.25, 0.3) is 0 Å². The van der Waals surface area contributed by atoms with Crippen molar-refractivity contribution < 1.29 is 9.59 Å². The first kappa shape index (κ1) is 12.5. The average molecular weight is 244 g/mol. The van der Waals surface area contributed by atoms with Crippen LogP contribution in [0, 0.1) is 5.92 Å². The van der Waals surface area contributed by atoms with E-state index < -0.39 is 11.7 Å². The maximum Gasteiger partial charge on any atom is 0.229 e. The lowest BCUT2D eigenvalue weighted by atomic mass is 9.79. The van der Waals surface area contributed by atoms with Gasteiger partial charge in [0, 0.05) is 17.9 Å². The van der Waals surface area contributed by atoms with Crippen molar-refractivity contribution in [3.8, 4) is 0 Å². The third-order valence-corrected chi connectivity index (χ3v) is 3.30. The lowest BCUT2D eigenvalue weighted by Gasteiger charge is -2.26. The molecule has 0 saturated heterocycles. The van der Waals surface area contributed by atoms with E-state index >= 15 is 0 Å². The Morgan fingerprint density at radius 2 is 2.00 bits per heavy atom. The van der Waals surface area contributed by atoms with Crippen LogP contribution >= 0.6 is 0 Å². The van der Waals surface area contributed by atoms with E-state index in [4.69, 9.17) is 5.73 Å². The molecule has 0 aliphatic heterocycles. The van der Waals surface area contributed by atoms with Gasteiger partial charge in [-0.05, 0) is 5.56 Å². The van der Waals surface area contributed by atoms with Crippen LogP contribution in [-0.2, 0) is 4.79 Å². The van der Waals surface area contributed by atoms with Gasteiger partial charge in [0.1, 0.15) is 0 Å². The summed E-state index contributed by atoms with van der Waals surface area (Å²) in [5.41, 5.74) is 7.01. The third-order valence-electron chi connectivity index (χ3n) is 3.30. The Morgan fingerprint density at radius 3 is 2.67 bits per heavy atom. The summed E-state index contributed by atoms with van der Waals surface area (Å²) >= 11 is 0. The molecule has 0 heterocycles. The van der Waals surface area contributed by atoms with E-state index in [2.05, 4.69) is 4.99 Å². The number of nitrogens with two attached hydrogens (primary N) is 1. The molecule has 0 aromatic heterocycles. The highest BCUT2D eigenvalue weighted by Gasteiger charge is 2.38. The molecule has 1 aromatic carbocycles. The van der Waals surface area contributed by atoms with E-state index in [-0.39, 0.29) is 11.8 Å². The van der Waals surface area contributed by atoms with Crippen molar-refractivity contribution in [2.75, 3.05) is 0 Å². The van der Waals surface area contributed by atoms with Crippen molar-refractivity contribution in [1.82, 2.24) is 0 Å². The Labute approximate surface area is 106 Å². The molecule has 2 atom stereocenters. The van der Waals surface area contributed by atoms with Gasteiger partial charge in [0.2, 0.25) is 11.6 Å². The molecule has 2 unspecified atom stereocenters. The zero-order valence-corrected chi connectivity index (χ0v) is 10.5. The molecular formula is C14H16N2O2. The minimum absolute atomic E-state index is 0.341. The third kappa shape index (κ3) is 1.94. The number of aliphatic imine (C=N–C) groups is 1. The predicted octanol–water partition coefficient (Wildman–Crippen LogP) is 1.90. The van der Waals surface area contributed by atoms with Gasteiger partial charge in [-0.2, -0.15) is 0 Å². The van der Waals surface area contributed by atoms with E-state index in [1.54, 1.807) is 19.1 Å². The Bertz CT molecular complexity index is 534. The number of amidine groups is 1. The Hall–Kier alpha value is -1.97. The molecule has 1 aliphatic carbocycles. The molecule has 0 radical (unpaired) electrons. The van der Waals surface area contributed by atoms with Gasteiger partial charge in [-0.3, -0.25) is 14.6 Å². The highest BCUT2D eigenvalue weighted by molar-refractivity contribution is 6.45. The standard InChI is InChI=1S/C14H16N2O2/c1-3-11(15)16-12-8(2)13(17)14(18)10-7-5-4-6-9(10)12/h4-8,12H,3H2,1-2H3,(H2,15,16). The Kier molecular flexibility index (Phi) is 3.28. The van der Waals surface area contributed by atoms with E-state index in [9.17, 15) is 9.59 Å². The number of nitrogens with zero attached hydrogens (tertiary/aromatic N) is 1. The highest BCUT2D eigenvalue weighted by atomic mass is 16.2. The molecule has 18 heavy (non-hydrogen) atoms. The van der Waals surface area contributed by atoms with E-state index in [1.807, 2.05) is 19.1 Å². The van der Waals surface area contributed by atoms with Crippen LogP contribution in [0.2, 0.25) is 0 Å². The molecular weight excluding hydrogens is 228 g/mol. The SMILES string of the molecule is CCC(N)=NC1c2ccccc2C(=O)C(=O)C1C. The van der Waals surface area contributed by atoms with Gasteiger partial charge >= 0.3 is 0 Å². The number of rotatable bonds is 2. The fourth-order valence-corrected chi connectivity index (χ4v) is 2.17. The minimum atomic E-state index is -0.447. The molecule has 4 nitrogen and oxygen atoms in total. The fourth-order valence-electron chi connectivity index (χ4n) is 2.17. The minimum Gasteiger partial charge on any atom is -0.387 e. The van der Waals surface area contributed by atoms with Crippen molar-refractivity contribution in [3.05, 3.63) is 35.4 Å². The number of ketones is 2. The van der Waals surface area contributed by atoms with Crippen LogP contribution in [-0.4, -0.2) is 17.4 Å². The fraction of sp³-hybridized carbons (Fsp3) is 0.357. The summed E-state index contributed by atoms with van der Waals surface area (Å²) in [5, 5.41) is 0. The first-order chi connectivity index (χ1) is 8.56. The van der Waals surface area contributed by atoms with Crippen LogP contribution in [0.1, 0.15) is 42.2 Å². The average Bonchev–Trinajstić information content (AvgIpc) is 2.40. The van der Waals surface area contributed by atoms with Crippen LogP contribution in [0.5, 0.6) is 0 Å². The Balaban J connectivity index is 2.56. The molecule has 1 aromatic rings. The number of carbonyl (C=O) groups excluding carboxylic acids is 2. The highest BCUT2D eigenvalue weighted by Crippen LogP contribution is 2.35. The summed E-state index contributed by atoms with van der Waals surface area (Å²) in [5.74, 6) is -0.743. The van der Waals surface area contributed by atoms with Crippen molar-refractivity contribution in [2.45, 2.75) is 26.3 Å². The van der Waals surface area contributed by atoms with Crippen LogP contribution in [0.15, 0.2) is 29.3 Å². The molecule has 0 saturated carbocycles. The van der Waals surface area contributed by atoms with Gasteiger partial charge in [0.05, 0.1) is 11.9 Å². The maximum atomic E-state index is 11.9. The molecule has 0 spiro atoms.